The summed E-state index contributed by atoms with van der Waals surface area (Å²) < 4.78 is 81.2. The third-order valence-electron chi connectivity index (χ3n) is 5.79. The van der Waals surface area contributed by atoms with Crippen LogP contribution in [0.1, 0.15) is 50.7 Å². The van der Waals surface area contributed by atoms with E-state index in [1.807, 2.05) is 0 Å². The second-order valence-electron chi connectivity index (χ2n) is 9.24. The number of unbranched alkanes of at least 4 members (excludes halogenated alkanes) is 2. The standard InChI is InChI=1S/C28H34F5NO6/c1-3-38-24(25(35)36)18-20-10-12-22(13-11-20)39-17-16-34(15-6-4-5-14-27(2,29)30)26(37)40-23-9-7-8-21(19-23)28(31,32)33/h7-13,19,24H,3-6,14-18H2,1-2H3,(H,35,36). The molecule has 0 heterocycles. The summed E-state index contributed by atoms with van der Waals surface area (Å²) in [5.41, 5.74) is -0.246. The summed E-state index contributed by atoms with van der Waals surface area (Å²) in [5.74, 6) is -3.69. The third kappa shape index (κ3) is 12.2. The monoisotopic (exact) mass is 575 g/mol. The van der Waals surface area contributed by atoms with Crippen molar-refractivity contribution in [1.82, 2.24) is 4.90 Å². The zero-order valence-corrected chi connectivity index (χ0v) is 22.4. The minimum atomic E-state index is -4.61. The number of hydrogen-bond donors (Lipinski definition) is 1. The Labute approximate surface area is 229 Å². The van der Waals surface area contributed by atoms with Crippen molar-refractivity contribution < 1.29 is 50.9 Å². The number of hydrogen-bond acceptors (Lipinski definition) is 5. The third-order valence-corrected chi connectivity index (χ3v) is 5.79. The molecule has 12 heteroatoms. The van der Waals surface area contributed by atoms with Crippen LogP contribution in [0.5, 0.6) is 11.5 Å². The predicted octanol–water partition coefficient (Wildman–Crippen LogP) is 6.83. The molecule has 1 N–H and O–H groups in total. The van der Waals surface area contributed by atoms with E-state index in [0.29, 0.717) is 18.6 Å². The molecule has 0 aliphatic rings. The molecule has 2 rings (SSSR count). The van der Waals surface area contributed by atoms with Crippen molar-refractivity contribution >= 4 is 12.1 Å². The molecule has 1 unspecified atom stereocenters. The van der Waals surface area contributed by atoms with E-state index in [1.165, 1.54) is 11.0 Å². The molecule has 1 atom stereocenters. The molecule has 0 aliphatic carbocycles. The first-order valence-corrected chi connectivity index (χ1v) is 12.9. The van der Waals surface area contributed by atoms with E-state index in [2.05, 4.69) is 0 Å². The number of halogens is 5. The summed E-state index contributed by atoms with van der Waals surface area (Å²) in [5, 5.41) is 9.23. The molecule has 0 saturated carbocycles. The Kier molecular flexibility index (Phi) is 12.6. The number of amides is 1. The maximum atomic E-state index is 13.1. The number of rotatable bonds is 16. The zero-order chi connectivity index (χ0) is 29.8. The average Bonchev–Trinajstić information content (AvgIpc) is 2.87. The van der Waals surface area contributed by atoms with Crippen LogP contribution in [-0.2, 0) is 22.1 Å². The van der Waals surface area contributed by atoms with Crippen LogP contribution < -0.4 is 9.47 Å². The fourth-order valence-electron chi connectivity index (χ4n) is 3.74. The Bertz CT molecular complexity index is 1070. The molecule has 222 valence electrons. The highest BCUT2D eigenvalue weighted by atomic mass is 19.4. The highest BCUT2D eigenvalue weighted by Crippen LogP contribution is 2.31. The molecule has 0 aliphatic heterocycles. The Hall–Kier alpha value is -3.41. The van der Waals surface area contributed by atoms with Gasteiger partial charge < -0.3 is 24.2 Å². The smallest absolute Gasteiger partial charge is 0.416 e. The number of nitrogens with zero attached hydrogens (tertiary/aromatic N) is 1. The van der Waals surface area contributed by atoms with Gasteiger partial charge >= 0.3 is 18.2 Å². The first-order valence-electron chi connectivity index (χ1n) is 12.9. The van der Waals surface area contributed by atoms with Gasteiger partial charge in [-0.25, -0.2) is 18.4 Å². The molecular weight excluding hydrogens is 541 g/mol. The van der Waals surface area contributed by atoms with Gasteiger partial charge in [-0.2, -0.15) is 13.2 Å². The number of aliphatic carboxylic acids is 1. The van der Waals surface area contributed by atoms with Gasteiger partial charge in [0, 0.05) is 26.0 Å². The van der Waals surface area contributed by atoms with Crippen LogP contribution in [0.4, 0.5) is 26.7 Å². The average molecular weight is 576 g/mol. The Balaban J connectivity index is 1.98. The highest BCUT2D eigenvalue weighted by molar-refractivity contribution is 5.72. The van der Waals surface area contributed by atoms with E-state index in [0.717, 1.165) is 30.7 Å². The minimum Gasteiger partial charge on any atom is -0.492 e. The topological polar surface area (TPSA) is 85.3 Å². The lowest BCUT2D eigenvalue weighted by Gasteiger charge is -2.22. The largest absolute Gasteiger partial charge is 0.492 e. The molecule has 0 radical (unpaired) electrons. The number of carboxylic acid groups (broad SMARTS) is 1. The van der Waals surface area contributed by atoms with E-state index in [1.54, 1.807) is 31.2 Å². The lowest BCUT2D eigenvalue weighted by molar-refractivity contribution is -0.150. The number of benzene rings is 2. The van der Waals surface area contributed by atoms with Crippen LogP contribution in [0.15, 0.2) is 48.5 Å². The number of ether oxygens (including phenoxy) is 3. The van der Waals surface area contributed by atoms with Crippen LogP contribution in [0, 0.1) is 0 Å². The van der Waals surface area contributed by atoms with E-state index in [4.69, 9.17) is 14.2 Å². The number of carbonyl (C=O) groups excluding carboxylic acids is 1. The van der Waals surface area contributed by atoms with Crippen molar-refractivity contribution in [2.75, 3.05) is 26.3 Å². The SMILES string of the molecule is CCOC(Cc1ccc(OCCN(CCCCCC(C)(F)F)C(=O)Oc2cccc(C(F)(F)F)c2)cc1)C(=O)O. The maximum Gasteiger partial charge on any atom is 0.416 e. The number of carboxylic acids is 1. The summed E-state index contributed by atoms with van der Waals surface area (Å²) in [4.78, 5) is 25.3. The molecule has 0 bridgehead atoms. The van der Waals surface area contributed by atoms with Crippen molar-refractivity contribution in [3.8, 4) is 11.5 Å². The summed E-state index contributed by atoms with van der Waals surface area (Å²) in [6, 6.07) is 10.6. The van der Waals surface area contributed by atoms with E-state index >= 15 is 0 Å². The van der Waals surface area contributed by atoms with E-state index < -0.39 is 35.8 Å². The molecule has 40 heavy (non-hydrogen) atoms. The van der Waals surface area contributed by atoms with Crippen LogP contribution in [0.2, 0.25) is 0 Å². The van der Waals surface area contributed by atoms with Gasteiger partial charge in [0.1, 0.15) is 18.1 Å². The number of carbonyl (C=O) groups is 2. The van der Waals surface area contributed by atoms with Crippen molar-refractivity contribution in [3.05, 3.63) is 59.7 Å². The maximum absolute atomic E-state index is 13.1. The van der Waals surface area contributed by atoms with Crippen LogP contribution in [0.3, 0.4) is 0 Å². The molecule has 0 saturated heterocycles. The molecule has 0 spiro atoms. The molecular formula is C28H34F5NO6. The lowest BCUT2D eigenvalue weighted by Crippen LogP contribution is -2.37. The van der Waals surface area contributed by atoms with Gasteiger partial charge in [-0.3, -0.25) is 0 Å². The lowest BCUT2D eigenvalue weighted by atomic mass is 10.1. The quantitative estimate of drug-likeness (QED) is 0.174. The first kappa shape index (κ1) is 32.8. The van der Waals surface area contributed by atoms with Gasteiger partial charge in [0.2, 0.25) is 5.92 Å². The Morgan fingerprint density at radius 2 is 1.65 bits per heavy atom. The fraction of sp³-hybridized carbons (Fsp3) is 0.500. The van der Waals surface area contributed by atoms with Crippen LogP contribution in [-0.4, -0.2) is 60.4 Å². The second kappa shape index (κ2) is 15.4. The van der Waals surface area contributed by atoms with Gasteiger partial charge in [0.15, 0.2) is 6.10 Å². The van der Waals surface area contributed by atoms with Crippen molar-refractivity contribution in [3.63, 3.8) is 0 Å². The van der Waals surface area contributed by atoms with Crippen LogP contribution >= 0.6 is 0 Å². The summed E-state index contributed by atoms with van der Waals surface area (Å²) in [6.07, 6.45) is -5.56. The predicted molar refractivity (Wildman–Crippen MR) is 137 cm³/mol. The molecule has 7 nitrogen and oxygen atoms in total. The summed E-state index contributed by atoms with van der Waals surface area (Å²) in [7, 11) is 0. The molecule has 1 amide bonds. The number of alkyl halides is 5. The van der Waals surface area contributed by atoms with Crippen LogP contribution in [0.25, 0.3) is 0 Å². The van der Waals surface area contributed by atoms with E-state index in [-0.39, 0.29) is 51.3 Å². The van der Waals surface area contributed by atoms with E-state index in [9.17, 15) is 36.6 Å². The van der Waals surface area contributed by atoms with Gasteiger partial charge in [-0.05, 0) is 62.6 Å². The summed E-state index contributed by atoms with van der Waals surface area (Å²) in [6.45, 7) is 2.96. The Morgan fingerprint density at radius 1 is 0.950 bits per heavy atom. The van der Waals surface area contributed by atoms with Crippen molar-refractivity contribution in [2.24, 2.45) is 0 Å². The highest BCUT2D eigenvalue weighted by Gasteiger charge is 2.31. The molecule has 2 aromatic rings. The molecule has 0 fully saturated rings. The summed E-state index contributed by atoms with van der Waals surface area (Å²) >= 11 is 0. The van der Waals surface area contributed by atoms with Gasteiger partial charge in [-0.15, -0.1) is 0 Å². The first-order chi connectivity index (χ1) is 18.8. The van der Waals surface area contributed by atoms with Gasteiger partial charge in [0.05, 0.1) is 12.1 Å². The fourth-order valence-corrected chi connectivity index (χ4v) is 3.74. The molecule has 2 aromatic carbocycles. The molecule has 0 aromatic heterocycles. The Morgan fingerprint density at radius 3 is 2.25 bits per heavy atom. The van der Waals surface area contributed by atoms with Crippen molar-refractivity contribution in [2.45, 2.75) is 64.2 Å². The van der Waals surface area contributed by atoms with Crippen molar-refractivity contribution in [1.29, 1.82) is 0 Å². The minimum absolute atomic E-state index is 0.0146. The van der Waals surface area contributed by atoms with Gasteiger partial charge in [0.25, 0.3) is 0 Å². The zero-order valence-electron chi connectivity index (χ0n) is 22.4. The second-order valence-corrected chi connectivity index (χ2v) is 9.24. The normalized spacial score (nSPS) is 12.6. The van der Waals surface area contributed by atoms with Gasteiger partial charge in [-0.1, -0.05) is 24.6 Å².